The zero-order chi connectivity index (χ0) is 14.0. The van der Waals surface area contributed by atoms with Crippen molar-refractivity contribution in [2.45, 2.75) is 40.5 Å². The van der Waals surface area contributed by atoms with Crippen LogP contribution in [0.3, 0.4) is 0 Å². The van der Waals surface area contributed by atoms with Crippen LogP contribution in [0.4, 0.5) is 5.82 Å². The van der Waals surface area contributed by atoms with Crippen LogP contribution in [0.1, 0.15) is 36.9 Å². The lowest BCUT2D eigenvalue weighted by molar-refractivity contribution is 0.753. The van der Waals surface area contributed by atoms with Crippen LogP contribution in [0.2, 0.25) is 0 Å². The molecule has 0 aromatic carbocycles. The number of hydrogen-bond acceptors (Lipinski definition) is 6. The Kier molecular flexibility index (Phi) is 3.75. The van der Waals surface area contributed by atoms with E-state index in [2.05, 4.69) is 25.5 Å². The Labute approximate surface area is 112 Å². The molecule has 0 saturated heterocycles. The van der Waals surface area contributed by atoms with Crippen LogP contribution in [0.5, 0.6) is 0 Å². The van der Waals surface area contributed by atoms with E-state index in [9.17, 15) is 0 Å². The van der Waals surface area contributed by atoms with Crippen molar-refractivity contribution in [3.05, 3.63) is 23.0 Å². The first-order valence-electron chi connectivity index (χ1n) is 6.37. The third-order valence-corrected chi connectivity index (χ3v) is 2.92. The predicted octanol–water partition coefficient (Wildman–Crippen LogP) is 1.08. The molecule has 0 aliphatic rings. The van der Waals surface area contributed by atoms with Gasteiger partial charge in [0.25, 0.3) is 0 Å². The van der Waals surface area contributed by atoms with E-state index in [1.54, 1.807) is 4.68 Å². The molecule has 7 nitrogen and oxygen atoms in total. The minimum absolute atomic E-state index is 0.609. The summed E-state index contributed by atoms with van der Waals surface area (Å²) in [5.41, 5.74) is 3.45. The summed E-state index contributed by atoms with van der Waals surface area (Å²) in [5, 5.41) is 4.49. The molecule has 2 aromatic heterocycles. The second kappa shape index (κ2) is 5.31. The van der Waals surface area contributed by atoms with E-state index in [0.29, 0.717) is 11.6 Å². The molecule has 0 aliphatic carbocycles. The maximum atomic E-state index is 5.48. The molecule has 2 heterocycles. The standard InChI is InChI=1S/C12H19N7/c1-5-9-16-10(6-2)19(18-9)12-7(3)11(17-13)14-8(4)15-12/h5-6,13H2,1-4H3,(H,14,15,17). The Morgan fingerprint density at radius 2 is 1.84 bits per heavy atom. The number of nitrogens with one attached hydrogen (secondary N) is 1. The number of aryl methyl sites for hydroxylation is 3. The molecular weight excluding hydrogens is 242 g/mol. The lowest BCUT2D eigenvalue weighted by atomic mass is 10.3. The average molecular weight is 261 g/mol. The van der Waals surface area contributed by atoms with Gasteiger partial charge in [0.15, 0.2) is 11.6 Å². The molecule has 0 bridgehead atoms. The number of rotatable bonds is 4. The second-order valence-electron chi connectivity index (χ2n) is 4.28. The van der Waals surface area contributed by atoms with Crippen molar-refractivity contribution in [3.63, 3.8) is 0 Å². The summed E-state index contributed by atoms with van der Waals surface area (Å²) in [6, 6.07) is 0. The van der Waals surface area contributed by atoms with E-state index >= 15 is 0 Å². The molecule has 0 aliphatic heterocycles. The minimum Gasteiger partial charge on any atom is -0.308 e. The van der Waals surface area contributed by atoms with Gasteiger partial charge in [-0.25, -0.2) is 20.8 Å². The number of anilines is 1. The van der Waals surface area contributed by atoms with Gasteiger partial charge in [0.2, 0.25) is 0 Å². The molecule has 0 unspecified atom stereocenters. The van der Waals surface area contributed by atoms with Crippen molar-refractivity contribution in [1.29, 1.82) is 0 Å². The second-order valence-corrected chi connectivity index (χ2v) is 4.28. The fraction of sp³-hybridized carbons (Fsp3) is 0.500. The SMILES string of the molecule is CCc1nc(CC)n(-c2nc(C)nc(NN)c2C)n1. The van der Waals surface area contributed by atoms with Gasteiger partial charge < -0.3 is 5.43 Å². The smallest absolute Gasteiger partial charge is 0.164 e. The number of aromatic nitrogens is 5. The van der Waals surface area contributed by atoms with Crippen LogP contribution < -0.4 is 11.3 Å². The summed E-state index contributed by atoms with van der Waals surface area (Å²) in [6.07, 6.45) is 1.59. The van der Waals surface area contributed by atoms with Crippen LogP contribution in [0.15, 0.2) is 0 Å². The summed E-state index contributed by atoms with van der Waals surface area (Å²) in [4.78, 5) is 13.2. The van der Waals surface area contributed by atoms with Gasteiger partial charge in [-0.1, -0.05) is 13.8 Å². The molecule has 0 amide bonds. The highest BCUT2D eigenvalue weighted by molar-refractivity contribution is 5.50. The maximum Gasteiger partial charge on any atom is 0.164 e. The van der Waals surface area contributed by atoms with Gasteiger partial charge in [0, 0.05) is 18.4 Å². The van der Waals surface area contributed by atoms with Gasteiger partial charge in [0.05, 0.1) is 0 Å². The Balaban J connectivity index is 2.64. The monoisotopic (exact) mass is 261 g/mol. The van der Waals surface area contributed by atoms with Crippen LogP contribution in [-0.4, -0.2) is 24.7 Å². The maximum absolute atomic E-state index is 5.48. The van der Waals surface area contributed by atoms with Crippen molar-refractivity contribution in [2.75, 3.05) is 5.43 Å². The summed E-state index contributed by atoms with van der Waals surface area (Å²) >= 11 is 0. The summed E-state index contributed by atoms with van der Waals surface area (Å²) < 4.78 is 1.78. The zero-order valence-electron chi connectivity index (χ0n) is 11.7. The Morgan fingerprint density at radius 3 is 2.42 bits per heavy atom. The number of nitrogen functional groups attached to an aromatic ring is 1. The first-order valence-corrected chi connectivity index (χ1v) is 6.37. The molecule has 0 spiro atoms. The quantitative estimate of drug-likeness (QED) is 0.632. The van der Waals surface area contributed by atoms with E-state index in [-0.39, 0.29) is 0 Å². The van der Waals surface area contributed by atoms with Crippen LogP contribution >= 0.6 is 0 Å². The molecule has 0 radical (unpaired) electrons. The van der Waals surface area contributed by atoms with Crippen molar-refractivity contribution in [1.82, 2.24) is 24.7 Å². The van der Waals surface area contributed by atoms with Crippen LogP contribution in [0, 0.1) is 13.8 Å². The molecule has 7 heteroatoms. The third-order valence-electron chi connectivity index (χ3n) is 2.92. The van der Waals surface area contributed by atoms with Gasteiger partial charge in [-0.3, -0.25) is 0 Å². The normalized spacial score (nSPS) is 10.8. The molecule has 102 valence electrons. The van der Waals surface area contributed by atoms with Crippen molar-refractivity contribution in [3.8, 4) is 5.82 Å². The fourth-order valence-corrected chi connectivity index (χ4v) is 1.90. The largest absolute Gasteiger partial charge is 0.308 e. The highest BCUT2D eigenvalue weighted by atomic mass is 15.4. The molecule has 2 rings (SSSR count). The fourth-order valence-electron chi connectivity index (χ4n) is 1.90. The topological polar surface area (TPSA) is 94.5 Å². The first kappa shape index (κ1) is 13.4. The summed E-state index contributed by atoms with van der Waals surface area (Å²) in [5.74, 6) is 9.17. The van der Waals surface area contributed by atoms with Gasteiger partial charge in [-0.2, -0.15) is 4.68 Å². The van der Waals surface area contributed by atoms with Gasteiger partial charge in [-0.15, -0.1) is 5.10 Å². The molecule has 0 saturated carbocycles. The number of nitrogens with zero attached hydrogens (tertiary/aromatic N) is 5. The average Bonchev–Trinajstić information content (AvgIpc) is 2.84. The molecule has 3 N–H and O–H groups in total. The lowest BCUT2D eigenvalue weighted by Crippen LogP contribution is -2.15. The van der Waals surface area contributed by atoms with E-state index in [4.69, 9.17) is 5.84 Å². The van der Waals surface area contributed by atoms with Crippen LogP contribution in [0.25, 0.3) is 5.82 Å². The van der Waals surface area contributed by atoms with Crippen LogP contribution in [-0.2, 0) is 12.8 Å². The van der Waals surface area contributed by atoms with Crippen molar-refractivity contribution in [2.24, 2.45) is 5.84 Å². The van der Waals surface area contributed by atoms with Gasteiger partial charge in [-0.05, 0) is 13.8 Å². The van der Waals surface area contributed by atoms with E-state index in [1.807, 2.05) is 27.7 Å². The number of hydrazine groups is 1. The number of nitrogens with two attached hydrogens (primary N) is 1. The Hall–Kier alpha value is -2.02. The summed E-state index contributed by atoms with van der Waals surface area (Å²) in [7, 11) is 0. The highest BCUT2D eigenvalue weighted by Gasteiger charge is 2.15. The highest BCUT2D eigenvalue weighted by Crippen LogP contribution is 2.19. The Morgan fingerprint density at radius 1 is 1.11 bits per heavy atom. The third kappa shape index (κ3) is 2.41. The predicted molar refractivity (Wildman–Crippen MR) is 73.0 cm³/mol. The Bertz CT molecular complexity index is 588. The molecule has 2 aromatic rings. The zero-order valence-corrected chi connectivity index (χ0v) is 11.7. The van der Waals surface area contributed by atoms with E-state index < -0.39 is 0 Å². The molecular formula is C12H19N7. The molecule has 0 atom stereocenters. The lowest BCUT2D eigenvalue weighted by Gasteiger charge is -2.11. The number of hydrogen-bond donors (Lipinski definition) is 2. The first-order chi connectivity index (χ1) is 9.10. The van der Waals surface area contributed by atoms with Gasteiger partial charge in [0.1, 0.15) is 17.5 Å². The van der Waals surface area contributed by atoms with E-state index in [0.717, 1.165) is 35.9 Å². The molecule has 0 fully saturated rings. The minimum atomic E-state index is 0.609. The van der Waals surface area contributed by atoms with E-state index in [1.165, 1.54) is 0 Å². The van der Waals surface area contributed by atoms with Gasteiger partial charge >= 0.3 is 0 Å². The summed E-state index contributed by atoms with van der Waals surface area (Å²) in [6.45, 7) is 7.82. The molecule has 19 heavy (non-hydrogen) atoms. The van der Waals surface area contributed by atoms with Crippen molar-refractivity contribution >= 4 is 5.82 Å². The van der Waals surface area contributed by atoms with Crippen molar-refractivity contribution < 1.29 is 0 Å².